The van der Waals surface area contributed by atoms with Crippen molar-refractivity contribution in [3.05, 3.63) is 23.8 Å². The number of hydrogen-bond acceptors (Lipinski definition) is 3. The molecule has 0 aromatic heterocycles. The zero-order chi connectivity index (χ0) is 12.8. The van der Waals surface area contributed by atoms with Gasteiger partial charge in [0.25, 0.3) is 5.91 Å². The van der Waals surface area contributed by atoms with Gasteiger partial charge in [0.1, 0.15) is 0 Å². The summed E-state index contributed by atoms with van der Waals surface area (Å²) in [5, 5.41) is 2.65. The summed E-state index contributed by atoms with van der Waals surface area (Å²) >= 11 is 0. The summed E-state index contributed by atoms with van der Waals surface area (Å²) in [7, 11) is 3.62. The number of benzene rings is 1. The van der Waals surface area contributed by atoms with E-state index in [0.29, 0.717) is 11.3 Å². The van der Waals surface area contributed by atoms with Gasteiger partial charge in [0.15, 0.2) is 0 Å². The number of carbonyl (C=O) groups is 1. The first-order chi connectivity index (χ1) is 8.10. The second kappa shape index (κ2) is 6.13. The highest BCUT2D eigenvalue weighted by Gasteiger charge is 2.13. The normalized spacial score (nSPS) is 10.1. The van der Waals surface area contributed by atoms with E-state index in [1.54, 1.807) is 19.2 Å². The Kier molecular flexibility index (Phi) is 4.82. The Morgan fingerprint density at radius 2 is 2.18 bits per heavy atom. The fourth-order valence-corrected chi connectivity index (χ4v) is 1.71. The zero-order valence-electron chi connectivity index (χ0n) is 10.8. The molecule has 17 heavy (non-hydrogen) atoms. The van der Waals surface area contributed by atoms with Crippen LogP contribution in [0.5, 0.6) is 0 Å². The van der Waals surface area contributed by atoms with Gasteiger partial charge < -0.3 is 16.0 Å². The molecule has 0 aliphatic carbocycles. The van der Waals surface area contributed by atoms with Gasteiger partial charge in [-0.1, -0.05) is 13.3 Å². The van der Waals surface area contributed by atoms with E-state index in [0.717, 1.165) is 25.1 Å². The lowest BCUT2D eigenvalue weighted by Crippen LogP contribution is -2.25. The van der Waals surface area contributed by atoms with Crippen molar-refractivity contribution in [3.8, 4) is 0 Å². The molecule has 0 unspecified atom stereocenters. The van der Waals surface area contributed by atoms with Gasteiger partial charge >= 0.3 is 0 Å². The third kappa shape index (κ3) is 3.37. The van der Waals surface area contributed by atoms with E-state index >= 15 is 0 Å². The van der Waals surface area contributed by atoms with Crippen molar-refractivity contribution < 1.29 is 4.79 Å². The predicted octanol–water partition coefficient (Wildman–Crippen LogP) is 1.86. The number of unbranched alkanes of at least 4 members (excludes halogenated alkanes) is 1. The van der Waals surface area contributed by atoms with E-state index < -0.39 is 0 Å². The van der Waals surface area contributed by atoms with Crippen LogP contribution in [0.25, 0.3) is 0 Å². The van der Waals surface area contributed by atoms with Crippen LogP contribution in [0.3, 0.4) is 0 Å². The second-order valence-corrected chi connectivity index (χ2v) is 4.13. The largest absolute Gasteiger partial charge is 0.399 e. The van der Waals surface area contributed by atoms with Crippen molar-refractivity contribution in [1.82, 2.24) is 5.32 Å². The quantitative estimate of drug-likeness (QED) is 0.766. The van der Waals surface area contributed by atoms with Gasteiger partial charge in [0.05, 0.1) is 11.3 Å². The fraction of sp³-hybridized carbons (Fsp3) is 0.462. The van der Waals surface area contributed by atoms with Crippen LogP contribution in [0, 0.1) is 0 Å². The van der Waals surface area contributed by atoms with Crippen LogP contribution in [0.15, 0.2) is 18.2 Å². The number of rotatable bonds is 5. The molecule has 94 valence electrons. The van der Waals surface area contributed by atoms with Crippen LogP contribution in [-0.4, -0.2) is 26.5 Å². The minimum absolute atomic E-state index is 0.0802. The van der Waals surface area contributed by atoms with Gasteiger partial charge in [-0.15, -0.1) is 0 Å². The maximum atomic E-state index is 11.7. The Morgan fingerprint density at radius 1 is 1.47 bits per heavy atom. The van der Waals surface area contributed by atoms with Crippen molar-refractivity contribution in [2.75, 3.05) is 31.3 Å². The summed E-state index contributed by atoms with van der Waals surface area (Å²) in [5.41, 5.74) is 8.01. The van der Waals surface area contributed by atoms with Gasteiger partial charge in [-0.3, -0.25) is 4.79 Å². The smallest absolute Gasteiger partial charge is 0.253 e. The molecule has 4 heteroatoms. The molecule has 1 rings (SSSR count). The first-order valence-electron chi connectivity index (χ1n) is 5.92. The van der Waals surface area contributed by atoms with Crippen LogP contribution in [0.4, 0.5) is 11.4 Å². The number of nitrogens with two attached hydrogens (primary N) is 1. The van der Waals surface area contributed by atoms with Crippen molar-refractivity contribution in [1.29, 1.82) is 0 Å². The first-order valence-corrected chi connectivity index (χ1v) is 5.92. The molecule has 4 nitrogen and oxygen atoms in total. The zero-order valence-corrected chi connectivity index (χ0v) is 10.8. The molecular formula is C13H21N3O. The van der Waals surface area contributed by atoms with Gasteiger partial charge in [0.2, 0.25) is 0 Å². The summed E-state index contributed by atoms with van der Waals surface area (Å²) < 4.78 is 0. The average molecular weight is 235 g/mol. The van der Waals surface area contributed by atoms with E-state index in [1.807, 2.05) is 13.1 Å². The van der Waals surface area contributed by atoms with E-state index in [-0.39, 0.29) is 5.91 Å². The highest BCUT2D eigenvalue weighted by atomic mass is 16.1. The topological polar surface area (TPSA) is 58.4 Å². The molecule has 0 bridgehead atoms. The molecule has 0 fully saturated rings. The molecular weight excluding hydrogens is 214 g/mol. The molecule has 1 aromatic carbocycles. The van der Waals surface area contributed by atoms with Crippen molar-refractivity contribution in [2.45, 2.75) is 19.8 Å². The van der Waals surface area contributed by atoms with Crippen molar-refractivity contribution >= 4 is 17.3 Å². The Morgan fingerprint density at radius 3 is 2.76 bits per heavy atom. The Labute approximate surface area is 103 Å². The molecule has 0 heterocycles. The van der Waals surface area contributed by atoms with Crippen LogP contribution in [0.2, 0.25) is 0 Å². The molecule has 0 saturated carbocycles. The molecule has 0 atom stereocenters. The number of carbonyl (C=O) groups excluding carboxylic acids is 1. The van der Waals surface area contributed by atoms with Crippen molar-refractivity contribution in [3.63, 3.8) is 0 Å². The number of anilines is 2. The molecule has 1 amide bonds. The molecule has 0 aliphatic heterocycles. The third-order valence-corrected chi connectivity index (χ3v) is 2.75. The fourth-order valence-electron chi connectivity index (χ4n) is 1.71. The average Bonchev–Trinajstić information content (AvgIpc) is 2.34. The minimum Gasteiger partial charge on any atom is -0.399 e. The van der Waals surface area contributed by atoms with Crippen LogP contribution < -0.4 is 16.0 Å². The van der Waals surface area contributed by atoms with Gasteiger partial charge in [-0.25, -0.2) is 0 Å². The maximum absolute atomic E-state index is 11.7. The highest BCUT2D eigenvalue weighted by Crippen LogP contribution is 2.23. The molecule has 1 aromatic rings. The molecule has 0 radical (unpaired) electrons. The van der Waals surface area contributed by atoms with E-state index in [4.69, 9.17) is 5.73 Å². The highest BCUT2D eigenvalue weighted by molar-refractivity contribution is 6.00. The summed E-state index contributed by atoms with van der Waals surface area (Å²) in [6.45, 7) is 3.07. The minimum atomic E-state index is -0.0802. The van der Waals surface area contributed by atoms with Gasteiger partial charge in [-0.2, -0.15) is 0 Å². The third-order valence-electron chi connectivity index (χ3n) is 2.75. The Hall–Kier alpha value is -1.71. The first kappa shape index (κ1) is 13.4. The van der Waals surface area contributed by atoms with Crippen LogP contribution in [0.1, 0.15) is 30.1 Å². The molecule has 0 aliphatic rings. The monoisotopic (exact) mass is 235 g/mol. The lowest BCUT2D eigenvalue weighted by atomic mass is 10.1. The van der Waals surface area contributed by atoms with E-state index in [2.05, 4.69) is 17.1 Å². The second-order valence-electron chi connectivity index (χ2n) is 4.13. The predicted molar refractivity (Wildman–Crippen MR) is 72.4 cm³/mol. The number of amides is 1. The molecule has 0 spiro atoms. The maximum Gasteiger partial charge on any atom is 0.253 e. The van der Waals surface area contributed by atoms with Gasteiger partial charge in [-0.05, 0) is 24.6 Å². The van der Waals surface area contributed by atoms with Crippen LogP contribution in [-0.2, 0) is 0 Å². The number of nitrogens with one attached hydrogen (secondary N) is 1. The van der Waals surface area contributed by atoms with Crippen LogP contribution >= 0.6 is 0 Å². The lowest BCUT2D eigenvalue weighted by molar-refractivity contribution is 0.0963. The number of nitrogens with zero attached hydrogens (tertiary/aromatic N) is 1. The Bertz CT molecular complexity index is 390. The molecule has 0 saturated heterocycles. The Balaban J connectivity index is 3.01. The number of hydrogen-bond donors (Lipinski definition) is 2. The summed E-state index contributed by atoms with van der Waals surface area (Å²) in [6.07, 6.45) is 2.22. The van der Waals surface area contributed by atoms with Crippen molar-refractivity contribution in [2.24, 2.45) is 0 Å². The SMILES string of the molecule is CCCCN(C)c1cc(N)ccc1C(=O)NC. The van der Waals surface area contributed by atoms with Gasteiger partial charge in [0, 0.05) is 26.3 Å². The lowest BCUT2D eigenvalue weighted by Gasteiger charge is -2.22. The molecule has 3 N–H and O–H groups in total. The summed E-state index contributed by atoms with van der Waals surface area (Å²) in [5.74, 6) is -0.0802. The van der Waals surface area contributed by atoms with E-state index in [1.165, 1.54) is 0 Å². The summed E-state index contributed by atoms with van der Waals surface area (Å²) in [6, 6.07) is 5.37. The summed E-state index contributed by atoms with van der Waals surface area (Å²) in [4.78, 5) is 13.8. The number of nitrogen functional groups attached to an aromatic ring is 1. The standard InChI is InChI=1S/C13H21N3O/c1-4-5-8-16(3)12-9-10(14)6-7-11(12)13(17)15-2/h6-7,9H,4-5,8,14H2,1-3H3,(H,15,17). The van der Waals surface area contributed by atoms with E-state index in [9.17, 15) is 4.79 Å².